The molecule has 2 nitrogen and oxygen atoms in total. The largest absolute Gasteiger partial charge is 0.345 e. The van der Waals surface area contributed by atoms with E-state index in [0.717, 1.165) is 15.6 Å². The molecular formula is C9H8BrNO. The molecular weight excluding hydrogens is 218 g/mol. The van der Waals surface area contributed by atoms with Crippen LogP contribution in [0.25, 0.3) is 0 Å². The number of hydrogen-bond donors (Lipinski definition) is 1. The lowest BCUT2D eigenvalue weighted by atomic mass is 10.1. The van der Waals surface area contributed by atoms with Crippen LogP contribution in [0.5, 0.6) is 0 Å². The molecule has 0 saturated heterocycles. The molecule has 1 aliphatic heterocycles. The van der Waals surface area contributed by atoms with Gasteiger partial charge in [0.15, 0.2) is 0 Å². The number of carbonyl (C=O) groups is 1. The van der Waals surface area contributed by atoms with Gasteiger partial charge in [-0.1, -0.05) is 12.1 Å². The first-order valence-electron chi connectivity index (χ1n) is 3.79. The number of amides is 1. The molecule has 0 radical (unpaired) electrons. The SMILES string of the molecule is CC1NC(=O)c2c(Br)cccc21. The van der Waals surface area contributed by atoms with Crippen LogP contribution in [0.1, 0.15) is 28.9 Å². The summed E-state index contributed by atoms with van der Waals surface area (Å²) in [5.74, 6) is 0.0185. The summed E-state index contributed by atoms with van der Waals surface area (Å²) in [4.78, 5) is 11.4. The van der Waals surface area contributed by atoms with E-state index in [1.807, 2.05) is 25.1 Å². The molecule has 1 aromatic carbocycles. The zero-order chi connectivity index (χ0) is 8.72. The average molecular weight is 226 g/mol. The molecule has 0 spiro atoms. The molecule has 0 aromatic heterocycles. The van der Waals surface area contributed by atoms with E-state index in [1.165, 1.54) is 0 Å². The van der Waals surface area contributed by atoms with Crippen LogP contribution < -0.4 is 5.32 Å². The zero-order valence-corrected chi connectivity index (χ0v) is 8.18. The Morgan fingerprint density at radius 3 is 2.92 bits per heavy atom. The lowest BCUT2D eigenvalue weighted by molar-refractivity contribution is 0.0958. The van der Waals surface area contributed by atoms with Gasteiger partial charge in [-0.25, -0.2) is 0 Å². The molecule has 1 aliphatic rings. The van der Waals surface area contributed by atoms with Gasteiger partial charge in [0.05, 0.1) is 11.6 Å². The summed E-state index contributed by atoms with van der Waals surface area (Å²) >= 11 is 3.35. The van der Waals surface area contributed by atoms with Gasteiger partial charge >= 0.3 is 0 Å². The molecule has 1 aromatic rings. The molecule has 1 heterocycles. The first-order valence-corrected chi connectivity index (χ1v) is 4.58. The Hall–Kier alpha value is -0.830. The second kappa shape index (κ2) is 2.59. The maximum Gasteiger partial charge on any atom is 0.253 e. The first kappa shape index (κ1) is 7.80. The third kappa shape index (κ3) is 0.966. The minimum atomic E-state index is 0.0185. The minimum Gasteiger partial charge on any atom is -0.345 e. The van der Waals surface area contributed by atoms with Gasteiger partial charge in [-0.3, -0.25) is 4.79 Å². The van der Waals surface area contributed by atoms with Crippen molar-refractivity contribution >= 4 is 21.8 Å². The van der Waals surface area contributed by atoms with Crippen LogP contribution in [0.2, 0.25) is 0 Å². The maximum atomic E-state index is 11.4. The Morgan fingerprint density at radius 1 is 1.50 bits per heavy atom. The molecule has 0 fully saturated rings. The Bertz CT molecular complexity index is 348. The normalized spacial score (nSPS) is 20.5. The van der Waals surface area contributed by atoms with Crippen LogP contribution in [0.15, 0.2) is 22.7 Å². The van der Waals surface area contributed by atoms with E-state index < -0.39 is 0 Å². The van der Waals surface area contributed by atoms with E-state index in [4.69, 9.17) is 0 Å². The Balaban J connectivity index is 2.67. The highest BCUT2D eigenvalue weighted by atomic mass is 79.9. The van der Waals surface area contributed by atoms with E-state index in [2.05, 4.69) is 21.2 Å². The van der Waals surface area contributed by atoms with Gasteiger partial charge in [-0.05, 0) is 34.5 Å². The fourth-order valence-electron chi connectivity index (χ4n) is 1.49. The lowest BCUT2D eigenvalue weighted by Gasteiger charge is -2.02. The van der Waals surface area contributed by atoms with Crippen LogP contribution >= 0.6 is 15.9 Å². The maximum absolute atomic E-state index is 11.4. The molecule has 12 heavy (non-hydrogen) atoms. The predicted octanol–water partition coefficient (Wildman–Crippen LogP) is 2.25. The minimum absolute atomic E-state index is 0.0185. The van der Waals surface area contributed by atoms with Gasteiger partial charge in [0, 0.05) is 4.47 Å². The number of benzene rings is 1. The molecule has 0 aliphatic carbocycles. The van der Waals surface area contributed by atoms with Crippen molar-refractivity contribution in [2.45, 2.75) is 13.0 Å². The van der Waals surface area contributed by atoms with E-state index in [9.17, 15) is 4.79 Å². The summed E-state index contributed by atoms with van der Waals surface area (Å²) in [6.07, 6.45) is 0. The van der Waals surface area contributed by atoms with Gasteiger partial charge < -0.3 is 5.32 Å². The second-order valence-corrected chi connectivity index (χ2v) is 3.75. The molecule has 0 saturated carbocycles. The quantitative estimate of drug-likeness (QED) is 0.722. The van der Waals surface area contributed by atoms with Gasteiger partial charge in [-0.15, -0.1) is 0 Å². The molecule has 0 bridgehead atoms. The van der Waals surface area contributed by atoms with Crippen molar-refractivity contribution in [1.82, 2.24) is 5.32 Å². The highest BCUT2D eigenvalue weighted by Gasteiger charge is 2.26. The highest BCUT2D eigenvalue weighted by Crippen LogP contribution is 2.30. The lowest BCUT2D eigenvalue weighted by Crippen LogP contribution is -2.16. The summed E-state index contributed by atoms with van der Waals surface area (Å²) in [6.45, 7) is 1.98. The molecule has 62 valence electrons. The number of hydrogen-bond acceptors (Lipinski definition) is 1. The van der Waals surface area contributed by atoms with Crippen molar-refractivity contribution in [3.8, 4) is 0 Å². The number of halogens is 1. The van der Waals surface area contributed by atoms with Crippen LogP contribution in [0.3, 0.4) is 0 Å². The predicted molar refractivity (Wildman–Crippen MR) is 50.0 cm³/mol. The first-order chi connectivity index (χ1) is 5.70. The van der Waals surface area contributed by atoms with Gasteiger partial charge in [0.2, 0.25) is 0 Å². The fourth-order valence-corrected chi connectivity index (χ4v) is 2.05. The topological polar surface area (TPSA) is 29.1 Å². The van der Waals surface area contributed by atoms with Gasteiger partial charge in [-0.2, -0.15) is 0 Å². The van der Waals surface area contributed by atoms with Crippen molar-refractivity contribution in [2.75, 3.05) is 0 Å². The van der Waals surface area contributed by atoms with Gasteiger partial charge in [0.1, 0.15) is 0 Å². The number of nitrogens with one attached hydrogen (secondary N) is 1. The summed E-state index contributed by atoms with van der Waals surface area (Å²) in [5.41, 5.74) is 1.86. The fraction of sp³-hybridized carbons (Fsp3) is 0.222. The summed E-state index contributed by atoms with van der Waals surface area (Å²) in [6, 6.07) is 5.95. The Morgan fingerprint density at radius 2 is 2.25 bits per heavy atom. The van der Waals surface area contributed by atoms with E-state index in [1.54, 1.807) is 0 Å². The van der Waals surface area contributed by atoms with E-state index in [-0.39, 0.29) is 11.9 Å². The standard InChI is InChI=1S/C9H8BrNO/c1-5-6-3-2-4-7(10)8(6)9(12)11-5/h2-5H,1H3,(H,11,12). The molecule has 1 N–H and O–H groups in total. The van der Waals surface area contributed by atoms with Gasteiger partial charge in [0.25, 0.3) is 5.91 Å². The summed E-state index contributed by atoms with van der Waals surface area (Å²) in [5, 5.41) is 2.85. The molecule has 2 rings (SSSR count). The number of rotatable bonds is 0. The third-order valence-corrected chi connectivity index (χ3v) is 2.75. The monoisotopic (exact) mass is 225 g/mol. The molecule has 1 unspecified atom stereocenters. The van der Waals surface area contributed by atoms with Crippen molar-refractivity contribution in [3.05, 3.63) is 33.8 Å². The molecule has 3 heteroatoms. The number of carbonyl (C=O) groups excluding carboxylic acids is 1. The van der Waals surface area contributed by atoms with Crippen LogP contribution in [0.4, 0.5) is 0 Å². The van der Waals surface area contributed by atoms with Crippen LogP contribution in [-0.2, 0) is 0 Å². The van der Waals surface area contributed by atoms with E-state index in [0.29, 0.717) is 0 Å². The van der Waals surface area contributed by atoms with Crippen LogP contribution in [-0.4, -0.2) is 5.91 Å². The summed E-state index contributed by atoms with van der Waals surface area (Å²) < 4.78 is 0.877. The number of fused-ring (bicyclic) bond motifs is 1. The van der Waals surface area contributed by atoms with Crippen molar-refractivity contribution in [3.63, 3.8) is 0 Å². The van der Waals surface area contributed by atoms with Crippen LogP contribution in [0, 0.1) is 0 Å². The molecule has 1 atom stereocenters. The van der Waals surface area contributed by atoms with Crippen molar-refractivity contribution < 1.29 is 4.79 Å². The smallest absolute Gasteiger partial charge is 0.253 e. The van der Waals surface area contributed by atoms with Crippen molar-refractivity contribution in [2.24, 2.45) is 0 Å². The zero-order valence-electron chi connectivity index (χ0n) is 6.60. The highest BCUT2D eigenvalue weighted by molar-refractivity contribution is 9.10. The second-order valence-electron chi connectivity index (χ2n) is 2.90. The van der Waals surface area contributed by atoms with Crippen molar-refractivity contribution in [1.29, 1.82) is 0 Å². The Kier molecular flexibility index (Phi) is 1.68. The Labute approximate surface area is 79.1 Å². The molecule has 1 amide bonds. The van der Waals surface area contributed by atoms with E-state index >= 15 is 0 Å². The third-order valence-electron chi connectivity index (χ3n) is 2.09. The summed E-state index contributed by atoms with van der Waals surface area (Å²) in [7, 11) is 0. The average Bonchev–Trinajstić information content (AvgIpc) is 2.29.